The Labute approximate surface area is 416 Å². The second-order valence-electron chi connectivity index (χ2n) is 18.8. The second kappa shape index (κ2) is 30.4. The molecular formula is C51H82N6O11S. The molecule has 69 heavy (non-hydrogen) atoms. The van der Waals surface area contributed by atoms with Crippen LogP contribution in [0.1, 0.15) is 86.1 Å². The van der Waals surface area contributed by atoms with Crippen molar-refractivity contribution in [2.75, 3.05) is 87.6 Å². The molecular weight excluding hydrogens is 905 g/mol. The monoisotopic (exact) mass is 987 g/mol. The number of hydrogen-bond donors (Lipinski definition) is 2. The smallest absolute Gasteiger partial charge is 0.253 e. The molecule has 388 valence electrons. The number of nitrogens with one attached hydrogen (secondary N) is 2. The summed E-state index contributed by atoms with van der Waals surface area (Å²) in [5.74, 6) is -2.62. The van der Waals surface area contributed by atoms with Gasteiger partial charge in [0.25, 0.3) is 11.8 Å². The standard InChI is InChI=1S/C51H82N6O11S/c1-12-36(6)47(40(64-10)33-44(61)56-25-16-19-39(56)48(65-11)37(7)50(69)52-24-22-38-17-14-13-15-18-38)55(9)51(63)45(34(2)3)53-49(62)46(35(4)5)54(8)41(58)23-27-66-29-31-68-32-30-67-28-26-57-42(59)20-21-43(57)60/h13-15,17-18,20-21,34-37,39-40,45-48H,12,16,19,22-33H2,1-11H3,(H,52,69)(H,53,62). The number of rotatable bonds is 32. The zero-order chi connectivity index (χ0) is 51.2. The van der Waals surface area contributed by atoms with Gasteiger partial charge in [0.1, 0.15) is 12.1 Å². The van der Waals surface area contributed by atoms with Gasteiger partial charge in [0, 0.05) is 59.5 Å². The molecule has 18 heteroatoms. The maximum atomic E-state index is 14.6. The molecule has 8 atom stereocenters. The van der Waals surface area contributed by atoms with Gasteiger partial charge in [0.2, 0.25) is 23.6 Å². The number of thiocarbonyl (C=S) groups is 1. The lowest BCUT2D eigenvalue weighted by Crippen LogP contribution is -2.60. The van der Waals surface area contributed by atoms with Gasteiger partial charge in [-0.25, -0.2) is 0 Å². The fraction of sp³-hybridized carbons (Fsp3) is 0.706. The van der Waals surface area contributed by atoms with E-state index in [2.05, 4.69) is 22.8 Å². The highest BCUT2D eigenvalue weighted by atomic mass is 32.1. The van der Waals surface area contributed by atoms with Crippen molar-refractivity contribution >= 4 is 52.6 Å². The van der Waals surface area contributed by atoms with Crippen LogP contribution in [0.25, 0.3) is 0 Å². The van der Waals surface area contributed by atoms with Gasteiger partial charge in [0.15, 0.2) is 0 Å². The maximum Gasteiger partial charge on any atom is 0.253 e. The first-order valence-corrected chi connectivity index (χ1v) is 25.1. The van der Waals surface area contributed by atoms with E-state index in [0.717, 1.165) is 24.2 Å². The third kappa shape index (κ3) is 17.8. The summed E-state index contributed by atoms with van der Waals surface area (Å²) >= 11 is 5.84. The SMILES string of the molecule is CCC(C)C(C(CC(=O)N1CCCC1C(OC)C(C)C(=S)NCCc1ccccc1)OC)N(C)C(=O)C(NC(=O)C(C(C)C)N(C)C(=O)CCOCCOCCOCCN1C(=O)C=CC1=O)C(C)C. The van der Waals surface area contributed by atoms with Gasteiger partial charge in [-0.2, -0.15) is 0 Å². The Bertz CT molecular complexity index is 1820. The van der Waals surface area contributed by atoms with Gasteiger partial charge in [-0.3, -0.25) is 33.7 Å². The molecule has 6 amide bonds. The van der Waals surface area contributed by atoms with Crippen LogP contribution < -0.4 is 10.6 Å². The highest BCUT2D eigenvalue weighted by Gasteiger charge is 2.43. The van der Waals surface area contributed by atoms with E-state index in [-0.39, 0.29) is 124 Å². The topological polar surface area (TPSA) is 186 Å². The Morgan fingerprint density at radius 1 is 0.826 bits per heavy atom. The average molecular weight is 987 g/mol. The van der Waals surface area contributed by atoms with E-state index >= 15 is 0 Å². The molecule has 2 aliphatic heterocycles. The van der Waals surface area contributed by atoms with Crippen molar-refractivity contribution in [2.24, 2.45) is 23.7 Å². The molecule has 0 saturated carbocycles. The normalized spacial score (nSPS) is 18.0. The summed E-state index contributed by atoms with van der Waals surface area (Å²) < 4.78 is 28.7. The lowest BCUT2D eigenvalue weighted by Gasteiger charge is -2.41. The van der Waals surface area contributed by atoms with Crippen molar-refractivity contribution in [3.63, 3.8) is 0 Å². The number of benzene rings is 1. The largest absolute Gasteiger partial charge is 0.379 e. The number of amides is 6. The summed E-state index contributed by atoms with van der Waals surface area (Å²) in [5.41, 5.74) is 1.22. The van der Waals surface area contributed by atoms with Gasteiger partial charge in [-0.1, -0.05) is 97.4 Å². The highest BCUT2D eigenvalue weighted by Crippen LogP contribution is 2.30. The second-order valence-corrected chi connectivity index (χ2v) is 19.2. The summed E-state index contributed by atoms with van der Waals surface area (Å²) in [6.45, 7) is 16.4. The van der Waals surface area contributed by atoms with Crippen molar-refractivity contribution in [2.45, 2.75) is 123 Å². The fourth-order valence-corrected chi connectivity index (χ4v) is 9.42. The molecule has 8 unspecified atom stereocenters. The van der Waals surface area contributed by atoms with Crippen LogP contribution >= 0.6 is 12.2 Å². The number of nitrogens with zero attached hydrogens (tertiary/aromatic N) is 4. The number of carbonyl (C=O) groups is 6. The summed E-state index contributed by atoms with van der Waals surface area (Å²) in [6.07, 6.45) is 4.72. The van der Waals surface area contributed by atoms with E-state index in [0.29, 0.717) is 24.5 Å². The summed E-state index contributed by atoms with van der Waals surface area (Å²) in [4.78, 5) is 86.4. The van der Waals surface area contributed by atoms with Gasteiger partial charge >= 0.3 is 0 Å². The minimum absolute atomic E-state index is 0.0328. The van der Waals surface area contributed by atoms with E-state index in [1.54, 1.807) is 33.2 Å². The number of imide groups is 1. The van der Waals surface area contributed by atoms with E-state index in [9.17, 15) is 28.8 Å². The lowest BCUT2D eigenvalue weighted by atomic mass is 9.89. The van der Waals surface area contributed by atoms with Crippen LogP contribution in [0.3, 0.4) is 0 Å². The molecule has 2 N–H and O–H groups in total. The van der Waals surface area contributed by atoms with Gasteiger partial charge < -0.3 is 49.0 Å². The molecule has 0 radical (unpaired) electrons. The van der Waals surface area contributed by atoms with Crippen LogP contribution in [0.15, 0.2) is 42.5 Å². The molecule has 0 aliphatic carbocycles. The minimum Gasteiger partial charge on any atom is -0.379 e. The summed E-state index contributed by atoms with van der Waals surface area (Å²) in [6, 6.07) is 7.75. The van der Waals surface area contributed by atoms with Crippen molar-refractivity contribution in [1.82, 2.24) is 30.2 Å². The van der Waals surface area contributed by atoms with Crippen LogP contribution in [-0.4, -0.2) is 184 Å². The predicted molar refractivity (Wildman–Crippen MR) is 268 cm³/mol. The van der Waals surface area contributed by atoms with E-state index in [1.165, 1.54) is 22.6 Å². The first-order chi connectivity index (χ1) is 32.9. The average Bonchev–Trinajstić information content (AvgIpc) is 3.94. The molecule has 0 spiro atoms. The molecule has 2 heterocycles. The summed E-state index contributed by atoms with van der Waals surface area (Å²) in [5, 5.41) is 6.41. The summed E-state index contributed by atoms with van der Waals surface area (Å²) in [7, 11) is 6.53. The van der Waals surface area contributed by atoms with Crippen molar-refractivity contribution in [1.29, 1.82) is 0 Å². The Balaban J connectivity index is 1.56. The number of methoxy groups -OCH3 is 2. The van der Waals surface area contributed by atoms with Crippen LogP contribution in [0.5, 0.6) is 0 Å². The molecule has 17 nitrogen and oxygen atoms in total. The Kier molecular flexibility index (Phi) is 26.0. The number of ether oxygens (including phenoxy) is 5. The van der Waals surface area contributed by atoms with Gasteiger partial charge in [-0.15, -0.1) is 0 Å². The minimum atomic E-state index is -0.923. The van der Waals surface area contributed by atoms with Crippen LogP contribution in [0.4, 0.5) is 0 Å². The first-order valence-electron chi connectivity index (χ1n) is 24.7. The Morgan fingerprint density at radius 3 is 2.00 bits per heavy atom. The molecule has 1 fully saturated rings. The quantitative estimate of drug-likeness (QED) is 0.0600. The van der Waals surface area contributed by atoms with Crippen molar-refractivity contribution in [3.8, 4) is 0 Å². The Morgan fingerprint density at radius 2 is 1.43 bits per heavy atom. The van der Waals surface area contributed by atoms with Crippen LogP contribution in [0.2, 0.25) is 0 Å². The lowest BCUT2D eigenvalue weighted by molar-refractivity contribution is -0.148. The molecule has 1 aromatic rings. The van der Waals surface area contributed by atoms with E-state index < -0.39 is 30.1 Å². The van der Waals surface area contributed by atoms with Gasteiger partial charge in [0.05, 0.1) is 88.3 Å². The third-order valence-corrected chi connectivity index (χ3v) is 13.8. The van der Waals surface area contributed by atoms with Gasteiger partial charge in [-0.05, 0) is 42.6 Å². The maximum absolute atomic E-state index is 14.6. The van der Waals surface area contributed by atoms with E-state index in [1.807, 2.05) is 71.6 Å². The molecule has 2 aliphatic rings. The highest BCUT2D eigenvalue weighted by molar-refractivity contribution is 7.80. The molecule has 0 bridgehead atoms. The number of likely N-dealkylation sites (N-methyl/N-ethyl adjacent to an activating group) is 2. The third-order valence-electron chi connectivity index (χ3n) is 13.3. The van der Waals surface area contributed by atoms with E-state index in [4.69, 9.17) is 35.9 Å². The number of carbonyl (C=O) groups excluding carboxylic acids is 6. The van der Waals surface area contributed by atoms with Crippen LogP contribution in [0, 0.1) is 23.7 Å². The van der Waals surface area contributed by atoms with Crippen molar-refractivity contribution < 1.29 is 52.5 Å². The fourth-order valence-electron chi connectivity index (χ4n) is 9.18. The number of hydrogen-bond acceptors (Lipinski definition) is 12. The van der Waals surface area contributed by atoms with Crippen molar-refractivity contribution in [3.05, 3.63) is 48.0 Å². The first kappa shape index (κ1) is 59.0. The zero-order valence-electron chi connectivity index (χ0n) is 43.1. The van der Waals surface area contributed by atoms with Crippen LogP contribution in [-0.2, 0) is 58.9 Å². The molecule has 1 aromatic carbocycles. The molecule has 3 rings (SSSR count). The predicted octanol–water partition coefficient (Wildman–Crippen LogP) is 4.06. The molecule has 0 aromatic heterocycles. The number of likely N-dealkylation sites (tertiary alicyclic amines) is 1. The Hall–Kier alpha value is -4.33. The zero-order valence-corrected chi connectivity index (χ0v) is 43.9. The molecule has 1 saturated heterocycles.